The first-order chi connectivity index (χ1) is 7.27. The van der Waals surface area contributed by atoms with Gasteiger partial charge in [0.2, 0.25) is 0 Å². The molecule has 0 aliphatic heterocycles. The van der Waals surface area contributed by atoms with Crippen molar-refractivity contribution >= 4 is 16.1 Å². The molecule has 1 aromatic carbocycles. The minimum absolute atomic E-state index is 0.00356. The van der Waals surface area contributed by atoms with Crippen LogP contribution >= 0.6 is 0 Å². The molecule has 0 fully saturated rings. The van der Waals surface area contributed by atoms with E-state index in [1.165, 1.54) is 12.1 Å². The average Bonchev–Trinajstić information content (AvgIpc) is 2.16. The number of nitrogens with zero attached hydrogens (tertiary/aromatic N) is 1. The third-order valence-electron chi connectivity index (χ3n) is 2.18. The molecule has 1 rings (SSSR count). The molecule has 0 heterocycles. The lowest BCUT2D eigenvalue weighted by molar-refractivity contribution is 0.563. The topological polar surface area (TPSA) is 63.6 Å². The molecular weight excluding hydrogens is 226 g/mol. The molecule has 0 unspecified atom stereocenters. The molecule has 0 aromatic heterocycles. The lowest BCUT2D eigenvalue weighted by Crippen LogP contribution is -2.11. The highest BCUT2D eigenvalue weighted by Gasteiger charge is 2.16. The van der Waals surface area contributed by atoms with Gasteiger partial charge in [-0.05, 0) is 23.1 Å². The predicted molar refractivity (Wildman–Crippen MR) is 60.4 cm³/mol. The molecule has 16 heavy (non-hydrogen) atoms. The molecule has 0 saturated carbocycles. The van der Waals surface area contributed by atoms with Gasteiger partial charge in [-0.1, -0.05) is 37.3 Å². The Bertz CT molecular complexity index is 517. The molecule has 0 saturated heterocycles. The summed E-state index contributed by atoms with van der Waals surface area (Å²) in [5, 5.41) is 0. The van der Waals surface area contributed by atoms with E-state index < -0.39 is 10.0 Å². The maximum Gasteiger partial charge on any atom is 0.292 e. The number of hydrogen-bond donors (Lipinski definition) is 0. The highest BCUT2D eigenvalue weighted by Crippen LogP contribution is 2.23. The van der Waals surface area contributed by atoms with Crippen LogP contribution in [0.4, 0.5) is 0 Å². The standard InChI is InChI=1S/C11H13NO3S/c1-11(2,3)9-4-6-10(7-5-9)16(14,15)12-8-13/h4-7H,1-3H3. The molecule has 0 amide bonds. The van der Waals surface area contributed by atoms with Crippen molar-refractivity contribution in [2.24, 2.45) is 4.40 Å². The minimum Gasteiger partial charge on any atom is -0.210 e. The zero-order chi connectivity index (χ0) is 12.4. The summed E-state index contributed by atoms with van der Waals surface area (Å²) < 4.78 is 25.5. The van der Waals surface area contributed by atoms with E-state index in [0.29, 0.717) is 0 Å². The zero-order valence-corrected chi connectivity index (χ0v) is 10.2. The van der Waals surface area contributed by atoms with E-state index in [2.05, 4.69) is 4.40 Å². The number of benzene rings is 1. The highest BCUT2D eigenvalue weighted by atomic mass is 32.2. The van der Waals surface area contributed by atoms with Crippen LogP contribution < -0.4 is 0 Å². The second-order valence-corrected chi connectivity index (χ2v) is 6.04. The van der Waals surface area contributed by atoms with E-state index >= 15 is 0 Å². The van der Waals surface area contributed by atoms with Crippen LogP contribution in [-0.2, 0) is 20.2 Å². The van der Waals surface area contributed by atoms with Gasteiger partial charge >= 0.3 is 0 Å². The predicted octanol–water partition coefficient (Wildman–Crippen LogP) is 2.01. The van der Waals surface area contributed by atoms with Gasteiger partial charge in [0.25, 0.3) is 16.1 Å². The van der Waals surface area contributed by atoms with Gasteiger partial charge in [-0.3, -0.25) is 0 Å². The lowest BCUT2D eigenvalue weighted by Gasteiger charge is -2.18. The summed E-state index contributed by atoms with van der Waals surface area (Å²) >= 11 is 0. The maximum absolute atomic E-state index is 11.4. The van der Waals surface area contributed by atoms with Crippen LogP contribution in [0, 0.1) is 0 Å². The third-order valence-corrected chi connectivity index (χ3v) is 3.36. The molecule has 0 N–H and O–H groups in total. The molecule has 5 heteroatoms. The SMILES string of the molecule is CC(C)(C)c1ccc(S(=O)(=O)N=C=O)cc1. The van der Waals surface area contributed by atoms with Gasteiger partial charge in [-0.25, -0.2) is 4.79 Å². The van der Waals surface area contributed by atoms with Crippen molar-refractivity contribution in [3.05, 3.63) is 29.8 Å². The van der Waals surface area contributed by atoms with E-state index in [9.17, 15) is 13.2 Å². The van der Waals surface area contributed by atoms with Crippen molar-refractivity contribution < 1.29 is 13.2 Å². The Balaban J connectivity index is 3.19. The Morgan fingerprint density at radius 2 is 1.62 bits per heavy atom. The summed E-state index contributed by atoms with van der Waals surface area (Å²) in [7, 11) is -3.87. The van der Waals surface area contributed by atoms with Crippen LogP contribution in [0.5, 0.6) is 0 Å². The first-order valence-electron chi connectivity index (χ1n) is 4.72. The minimum atomic E-state index is -3.87. The van der Waals surface area contributed by atoms with E-state index in [-0.39, 0.29) is 10.3 Å². The second kappa shape index (κ2) is 4.20. The normalized spacial score (nSPS) is 11.9. The molecule has 0 bridgehead atoms. The molecule has 4 nitrogen and oxygen atoms in total. The summed E-state index contributed by atoms with van der Waals surface area (Å²) in [4.78, 5) is 9.95. The fraction of sp³-hybridized carbons (Fsp3) is 0.364. The fourth-order valence-corrected chi connectivity index (χ4v) is 1.91. The number of isocyanates is 1. The molecule has 0 atom stereocenters. The first kappa shape index (κ1) is 12.6. The highest BCUT2D eigenvalue weighted by molar-refractivity contribution is 7.90. The number of hydrogen-bond acceptors (Lipinski definition) is 3. The molecule has 0 aliphatic rings. The van der Waals surface area contributed by atoms with Crippen LogP contribution in [0.2, 0.25) is 0 Å². The number of rotatable bonds is 2. The van der Waals surface area contributed by atoms with Gasteiger partial charge in [0.1, 0.15) is 0 Å². The molecule has 0 spiro atoms. The molecule has 1 aromatic rings. The van der Waals surface area contributed by atoms with Crippen molar-refractivity contribution in [1.29, 1.82) is 0 Å². The van der Waals surface area contributed by atoms with E-state index in [1.54, 1.807) is 12.1 Å². The smallest absolute Gasteiger partial charge is 0.210 e. The van der Waals surface area contributed by atoms with Crippen molar-refractivity contribution in [2.75, 3.05) is 0 Å². The maximum atomic E-state index is 11.4. The first-order valence-corrected chi connectivity index (χ1v) is 6.16. The Morgan fingerprint density at radius 3 is 2.00 bits per heavy atom. The Kier molecular flexibility index (Phi) is 3.31. The van der Waals surface area contributed by atoms with Crippen LogP contribution in [-0.4, -0.2) is 14.5 Å². The molecule has 0 radical (unpaired) electrons. The summed E-state index contributed by atoms with van der Waals surface area (Å²) in [6.07, 6.45) is 1.04. The summed E-state index contributed by atoms with van der Waals surface area (Å²) in [5.74, 6) is 0. The van der Waals surface area contributed by atoms with E-state index in [4.69, 9.17) is 0 Å². The van der Waals surface area contributed by atoms with Gasteiger partial charge < -0.3 is 0 Å². The molecular formula is C11H13NO3S. The van der Waals surface area contributed by atoms with Gasteiger partial charge in [0.05, 0.1) is 4.90 Å². The van der Waals surface area contributed by atoms with Gasteiger partial charge in [-0.2, -0.15) is 8.42 Å². The molecule has 86 valence electrons. The quantitative estimate of drug-likeness (QED) is 0.585. The van der Waals surface area contributed by atoms with Gasteiger partial charge in [0.15, 0.2) is 0 Å². The largest absolute Gasteiger partial charge is 0.292 e. The van der Waals surface area contributed by atoms with Gasteiger partial charge in [0, 0.05) is 0 Å². The number of sulfonamides is 1. The van der Waals surface area contributed by atoms with Crippen LogP contribution in [0.3, 0.4) is 0 Å². The van der Waals surface area contributed by atoms with Crippen LogP contribution in [0.1, 0.15) is 26.3 Å². The van der Waals surface area contributed by atoms with Crippen molar-refractivity contribution in [1.82, 2.24) is 0 Å². The number of carbonyl (C=O) groups excluding carboxylic acids is 1. The Hall–Kier alpha value is -1.45. The Morgan fingerprint density at radius 1 is 1.12 bits per heavy atom. The van der Waals surface area contributed by atoms with Gasteiger partial charge in [-0.15, -0.1) is 0 Å². The third kappa shape index (κ3) is 2.78. The summed E-state index contributed by atoms with van der Waals surface area (Å²) in [6.45, 7) is 6.08. The van der Waals surface area contributed by atoms with E-state index in [1.807, 2.05) is 20.8 Å². The van der Waals surface area contributed by atoms with Crippen LogP contribution in [0.25, 0.3) is 0 Å². The van der Waals surface area contributed by atoms with Crippen molar-refractivity contribution in [3.63, 3.8) is 0 Å². The van der Waals surface area contributed by atoms with Crippen LogP contribution in [0.15, 0.2) is 33.6 Å². The molecule has 0 aliphatic carbocycles. The zero-order valence-electron chi connectivity index (χ0n) is 9.39. The second-order valence-electron chi connectivity index (χ2n) is 4.43. The average molecular weight is 239 g/mol. The van der Waals surface area contributed by atoms with E-state index in [0.717, 1.165) is 11.6 Å². The lowest BCUT2D eigenvalue weighted by atomic mass is 9.87. The fourth-order valence-electron chi connectivity index (χ4n) is 1.23. The summed E-state index contributed by atoms with van der Waals surface area (Å²) in [5.41, 5.74) is 0.970. The summed E-state index contributed by atoms with van der Waals surface area (Å²) in [6, 6.07) is 6.31. The van der Waals surface area contributed by atoms with Crippen molar-refractivity contribution in [3.8, 4) is 0 Å². The Labute approximate surface area is 95.1 Å². The monoisotopic (exact) mass is 239 g/mol. The van der Waals surface area contributed by atoms with Crippen molar-refractivity contribution in [2.45, 2.75) is 31.1 Å².